The van der Waals surface area contributed by atoms with E-state index in [2.05, 4.69) is 28.9 Å². The van der Waals surface area contributed by atoms with Crippen molar-refractivity contribution >= 4 is 0 Å². The van der Waals surface area contributed by atoms with Gasteiger partial charge in [-0.25, -0.2) is 0 Å². The van der Waals surface area contributed by atoms with Crippen molar-refractivity contribution < 1.29 is 9.63 Å². The molecule has 5 nitrogen and oxygen atoms in total. The summed E-state index contributed by atoms with van der Waals surface area (Å²) in [5.41, 5.74) is 0. The summed E-state index contributed by atoms with van der Waals surface area (Å²) in [5.74, 6) is 1.41. The fourth-order valence-electron chi connectivity index (χ4n) is 1.97. The Kier molecular flexibility index (Phi) is 3.02. The molecule has 0 spiro atoms. The monoisotopic (exact) mass is 211 g/mol. The van der Waals surface area contributed by atoms with Gasteiger partial charge in [-0.05, 0) is 26.8 Å². The Morgan fingerprint density at radius 2 is 2.40 bits per heavy atom. The molecule has 1 aliphatic rings. The van der Waals surface area contributed by atoms with Crippen LogP contribution in [0.15, 0.2) is 4.52 Å². The highest BCUT2D eigenvalue weighted by atomic mass is 16.5. The van der Waals surface area contributed by atoms with Crippen LogP contribution >= 0.6 is 0 Å². The summed E-state index contributed by atoms with van der Waals surface area (Å²) in [6.45, 7) is 6.29. The van der Waals surface area contributed by atoms with Crippen LogP contribution in [0.5, 0.6) is 0 Å². The summed E-state index contributed by atoms with van der Waals surface area (Å²) < 4.78 is 4.89. The number of hydrogen-bond acceptors (Lipinski definition) is 5. The van der Waals surface area contributed by atoms with E-state index < -0.39 is 0 Å². The van der Waals surface area contributed by atoms with Gasteiger partial charge in [0.25, 0.3) is 5.89 Å². The van der Waals surface area contributed by atoms with Gasteiger partial charge in [0, 0.05) is 18.5 Å². The molecule has 0 bridgehead atoms. The fourth-order valence-corrected chi connectivity index (χ4v) is 1.97. The van der Waals surface area contributed by atoms with E-state index in [1.165, 1.54) is 0 Å². The maximum Gasteiger partial charge on any atom is 0.252 e. The van der Waals surface area contributed by atoms with Gasteiger partial charge < -0.3 is 14.5 Å². The molecule has 0 aromatic carbocycles. The molecule has 0 radical (unpaired) electrons. The Labute approximate surface area is 89.1 Å². The number of aliphatic hydroxyl groups is 1. The van der Waals surface area contributed by atoms with Gasteiger partial charge in [-0.1, -0.05) is 5.16 Å². The maximum absolute atomic E-state index is 8.83. The van der Waals surface area contributed by atoms with Gasteiger partial charge in [0.1, 0.15) is 6.61 Å². The van der Waals surface area contributed by atoms with E-state index in [1.54, 1.807) is 0 Å². The van der Waals surface area contributed by atoms with Gasteiger partial charge in [0.05, 0.1) is 0 Å². The molecule has 1 aliphatic heterocycles. The molecule has 1 N–H and O–H groups in total. The van der Waals surface area contributed by atoms with Crippen molar-refractivity contribution in [2.45, 2.75) is 38.8 Å². The highest BCUT2D eigenvalue weighted by molar-refractivity contribution is 5.00. The molecule has 15 heavy (non-hydrogen) atoms. The minimum atomic E-state index is -0.173. The molecular formula is C10H17N3O2. The Bertz CT molecular complexity index is 324. The Balaban J connectivity index is 2.01. The second-order valence-corrected chi connectivity index (χ2v) is 4.28. The van der Waals surface area contributed by atoms with Crippen LogP contribution in [0.4, 0.5) is 0 Å². The number of nitrogens with zero attached hydrogens (tertiary/aromatic N) is 3. The molecule has 1 saturated heterocycles. The molecule has 2 heterocycles. The zero-order valence-corrected chi connectivity index (χ0v) is 9.18. The van der Waals surface area contributed by atoms with Crippen LogP contribution in [-0.2, 0) is 6.61 Å². The van der Waals surface area contributed by atoms with Gasteiger partial charge in [-0.15, -0.1) is 0 Å². The number of likely N-dealkylation sites (tertiary alicyclic amines) is 1. The lowest BCUT2D eigenvalue weighted by Gasteiger charge is -2.19. The summed E-state index contributed by atoms with van der Waals surface area (Å²) in [4.78, 5) is 6.55. The molecule has 1 atom stereocenters. The van der Waals surface area contributed by atoms with Gasteiger partial charge in [0.15, 0.2) is 5.82 Å². The van der Waals surface area contributed by atoms with E-state index in [1.807, 2.05) is 0 Å². The minimum absolute atomic E-state index is 0.173. The average Bonchev–Trinajstić information content (AvgIpc) is 2.86. The SMILES string of the molecule is CC(C)N1CCC(c2noc(CO)n2)C1. The topological polar surface area (TPSA) is 62.4 Å². The highest BCUT2D eigenvalue weighted by Crippen LogP contribution is 2.26. The summed E-state index contributed by atoms with van der Waals surface area (Å²) >= 11 is 0. The summed E-state index contributed by atoms with van der Waals surface area (Å²) in [6, 6.07) is 0.569. The second kappa shape index (κ2) is 4.28. The van der Waals surface area contributed by atoms with Crippen molar-refractivity contribution in [3.8, 4) is 0 Å². The first-order valence-electron chi connectivity index (χ1n) is 5.38. The van der Waals surface area contributed by atoms with Gasteiger partial charge >= 0.3 is 0 Å². The third kappa shape index (κ3) is 2.18. The first kappa shape index (κ1) is 10.6. The standard InChI is InChI=1S/C10H17N3O2/c1-7(2)13-4-3-8(5-13)10-11-9(6-14)15-12-10/h7-8,14H,3-6H2,1-2H3. The third-order valence-electron chi connectivity index (χ3n) is 2.93. The smallest absolute Gasteiger partial charge is 0.252 e. The lowest BCUT2D eigenvalue weighted by Crippen LogP contribution is -2.28. The largest absolute Gasteiger partial charge is 0.387 e. The number of hydrogen-bond donors (Lipinski definition) is 1. The maximum atomic E-state index is 8.83. The summed E-state index contributed by atoms with van der Waals surface area (Å²) in [7, 11) is 0. The van der Waals surface area contributed by atoms with Crippen LogP contribution in [0, 0.1) is 0 Å². The van der Waals surface area contributed by atoms with Crippen LogP contribution in [0.25, 0.3) is 0 Å². The first-order chi connectivity index (χ1) is 7.20. The summed E-state index contributed by atoms with van der Waals surface area (Å²) in [6.07, 6.45) is 1.07. The number of aliphatic hydroxyl groups excluding tert-OH is 1. The van der Waals surface area contributed by atoms with Crippen molar-refractivity contribution in [1.82, 2.24) is 15.0 Å². The van der Waals surface area contributed by atoms with Crippen LogP contribution in [-0.4, -0.2) is 39.3 Å². The average molecular weight is 211 g/mol. The molecule has 0 saturated carbocycles. The predicted octanol–water partition coefficient (Wildman–Crippen LogP) is 0.760. The predicted molar refractivity (Wildman–Crippen MR) is 54.3 cm³/mol. The van der Waals surface area contributed by atoms with E-state index in [-0.39, 0.29) is 6.61 Å². The first-order valence-corrected chi connectivity index (χ1v) is 5.38. The van der Waals surface area contributed by atoms with Gasteiger partial charge in [-0.3, -0.25) is 0 Å². The molecule has 5 heteroatoms. The van der Waals surface area contributed by atoms with Crippen LogP contribution in [0.1, 0.15) is 37.9 Å². The van der Waals surface area contributed by atoms with Crippen molar-refractivity contribution in [3.05, 3.63) is 11.7 Å². The van der Waals surface area contributed by atoms with E-state index in [0.717, 1.165) is 25.3 Å². The van der Waals surface area contributed by atoms with Gasteiger partial charge in [0.2, 0.25) is 0 Å². The van der Waals surface area contributed by atoms with E-state index in [0.29, 0.717) is 17.9 Å². The van der Waals surface area contributed by atoms with Crippen LogP contribution in [0.3, 0.4) is 0 Å². The molecule has 0 aliphatic carbocycles. The molecule has 84 valence electrons. The van der Waals surface area contributed by atoms with E-state index >= 15 is 0 Å². The molecule has 1 fully saturated rings. The van der Waals surface area contributed by atoms with Gasteiger partial charge in [-0.2, -0.15) is 4.98 Å². The highest BCUT2D eigenvalue weighted by Gasteiger charge is 2.28. The van der Waals surface area contributed by atoms with Crippen molar-refractivity contribution in [2.75, 3.05) is 13.1 Å². The lowest BCUT2D eigenvalue weighted by atomic mass is 10.1. The zero-order valence-electron chi connectivity index (χ0n) is 9.18. The normalized spacial score (nSPS) is 22.8. The molecule has 1 aromatic heterocycles. The van der Waals surface area contributed by atoms with Crippen molar-refractivity contribution in [1.29, 1.82) is 0 Å². The van der Waals surface area contributed by atoms with E-state index in [9.17, 15) is 0 Å². The van der Waals surface area contributed by atoms with Crippen LogP contribution in [0.2, 0.25) is 0 Å². The minimum Gasteiger partial charge on any atom is -0.387 e. The Morgan fingerprint density at radius 1 is 1.60 bits per heavy atom. The van der Waals surface area contributed by atoms with E-state index in [4.69, 9.17) is 9.63 Å². The third-order valence-corrected chi connectivity index (χ3v) is 2.93. The quantitative estimate of drug-likeness (QED) is 0.799. The molecule has 1 unspecified atom stereocenters. The van der Waals surface area contributed by atoms with Crippen LogP contribution < -0.4 is 0 Å². The molecule has 0 amide bonds. The Hall–Kier alpha value is -0.940. The lowest BCUT2D eigenvalue weighted by molar-refractivity contribution is 0.222. The molecule has 1 aromatic rings. The molecule has 2 rings (SSSR count). The number of aromatic nitrogens is 2. The second-order valence-electron chi connectivity index (χ2n) is 4.28. The number of rotatable bonds is 3. The van der Waals surface area contributed by atoms with Crippen molar-refractivity contribution in [2.24, 2.45) is 0 Å². The van der Waals surface area contributed by atoms with Crippen molar-refractivity contribution in [3.63, 3.8) is 0 Å². The molecular weight excluding hydrogens is 194 g/mol. The summed E-state index contributed by atoms with van der Waals surface area (Å²) in [5, 5.41) is 12.7. The zero-order chi connectivity index (χ0) is 10.8. The fraction of sp³-hybridized carbons (Fsp3) is 0.800. The Morgan fingerprint density at radius 3 is 2.93 bits per heavy atom.